The maximum atomic E-state index is 11.7. The highest BCUT2D eigenvalue weighted by Gasteiger charge is 2.01. The summed E-state index contributed by atoms with van der Waals surface area (Å²) in [6, 6.07) is 15.2. The first kappa shape index (κ1) is 17.9. The summed E-state index contributed by atoms with van der Waals surface area (Å²) < 4.78 is 10.2. The van der Waals surface area contributed by atoms with Gasteiger partial charge in [-0.3, -0.25) is 4.79 Å². The van der Waals surface area contributed by atoms with Crippen LogP contribution in [0.5, 0.6) is 11.5 Å². The number of methoxy groups -OCH3 is 2. The van der Waals surface area contributed by atoms with Crippen LogP contribution in [0.4, 0.5) is 0 Å². The van der Waals surface area contributed by atoms with E-state index in [2.05, 4.69) is 10.5 Å². The Bertz CT molecular complexity index is 670. The maximum Gasteiger partial charge on any atom is 0.250 e. The first-order chi connectivity index (χ1) is 11.7. The highest BCUT2D eigenvalue weighted by Crippen LogP contribution is 2.16. The summed E-state index contributed by atoms with van der Waals surface area (Å²) in [4.78, 5) is 11.7. The normalized spacial score (nSPS) is 10.6. The Morgan fingerprint density at radius 1 is 1.04 bits per heavy atom. The number of hydrogen-bond acceptors (Lipinski definition) is 5. The Morgan fingerprint density at radius 2 is 1.62 bits per heavy atom. The van der Waals surface area contributed by atoms with Crippen molar-refractivity contribution in [1.29, 1.82) is 0 Å². The van der Waals surface area contributed by atoms with E-state index < -0.39 is 0 Å². The van der Waals surface area contributed by atoms with Crippen molar-refractivity contribution in [2.24, 2.45) is 5.10 Å². The molecule has 0 bridgehead atoms. The number of carbonyl (C=O) groups is 1. The molecule has 2 aromatic carbocycles. The molecule has 1 amide bonds. The smallest absolute Gasteiger partial charge is 0.250 e. The molecular formula is C18H20N2O3S. The van der Waals surface area contributed by atoms with Gasteiger partial charge in [0, 0.05) is 5.75 Å². The number of nitrogens with one attached hydrogen (secondary N) is 1. The van der Waals surface area contributed by atoms with Gasteiger partial charge in [-0.15, -0.1) is 11.8 Å². The predicted molar refractivity (Wildman–Crippen MR) is 97.9 cm³/mol. The monoisotopic (exact) mass is 344 g/mol. The van der Waals surface area contributed by atoms with Crippen LogP contribution in [0, 0.1) is 0 Å². The van der Waals surface area contributed by atoms with Crippen molar-refractivity contribution in [3.8, 4) is 11.5 Å². The largest absolute Gasteiger partial charge is 0.497 e. The van der Waals surface area contributed by atoms with Crippen LogP contribution in [0.25, 0.3) is 0 Å². The molecule has 0 fully saturated rings. The Hall–Kier alpha value is -2.47. The van der Waals surface area contributed by atoms with E-state index in [-0.39, 0.29) is 5.91 Å². The fourth-order valence-corrected chi connectivity index (χ4v) is 2.66. The molecule has 24 heavy (non-hydrogen) atoms. The summed E-state index contributed by atoms with van der Waals surface area (Å²) >= 11 is 1.54. The Morgan fingerprint density at radius 3 is 2.21 bits per heavy atom. The third-order valence-corrected chi connectivity index (χ3v) is 4.18. The van der Waals surface area contributed by atoms with Crippen LogP contribution in [-0.2, 0) is 10.5 Å². The highest BCUT2D eigenvalue weighted by atomic mass is 32.2. The van der Waals surface area contributed by atoms with Crippen LogP contribution in [0.15, 0.2) is 53.6 Å². The lowest BCUT2D eigenvalue weighted by Crippen LogP contribution is -2.19. The quantitative estimate of drug-likeness (QED) is 0.590. The van der Waals surface area contributed by atoms with Gasteiger partial charge in [0.1, 0.15) is 11.5 Å². The number of ether oxygens (including phenoxy) is 2. The van der Waals surface area contributed by atoms with Gasteiger partial charge in [-0.1, -0.05) is 12.1 Å². The van der Waals surface area contributed by atoms with Gasteiger partial charge in [0.25, 0.3) is 0 Å². The molecule has 0 aliphatic carbocycles. The van der Waals surface area contributed by atoms with Crippen molar-refractivity contribution < 1.29 is 14.3 Å². The van der Waals surface area contributed by atoms with Crippen molar-refractivity contribution in [3.05, 3.63) is 59.7 Å². The van der Waals surface area contributed by atoms with Crippen LogP contribution in [0.3, 0.4) is 0 Å². The zero-order chi connectivity index (χ0) is 17.2. The minimum Gasteiger partial charge on any atom is -0.497 e. The third-order valence-electron chi connectivity index (χ3n) is 3.18. The number of thioether (sulfide) groups is 1. The molecule has 2 aromatic rings. The molecular weight excluding hydrogens is 324 g/mol. The summed E-state index contributed by atoms with van der Waals surface area (Å²) in [7, 11) is 3.26. The summed E-state index contributed by atoms with van der Waals surface area (Å²) in [5, 5.41) is 3.95. The number of benzene rings is 2. The van der Waals surface area contributed by atoms with Crippen LogP contribution in [0.1, 0.15) is 11.1 Å². The van der Waals surface area contributed by atoms with Crippen LogP contribution in [0.2, 0.25) is 0 Å². The minimum atomic E-state index is -0.127. The average molecular weight is 344 g/mol. The van der Waals surface area contributed by atoms with E-state index in [4.69, 9.17) is 9.47 Å². The molecule has 0 saturated heterocycles. The first-order valence-electron chi connectivity index (χ1n) is 7.38. The van der Waals surface area contributed by atoms with Gasteiger partial charge in [-0.25, -0.2) is 5.43 Å². The van der Waals surface area contributed by atoms with Crippen LogP contribution in [-0.4, -0.2) is 32.1 Å². The van der Waals surface area contributed by atoms with Crippen LogP contribution < -0.4 is 14.9 Å². The van der Waals surface area contributed by atoms with Gasteiger partial charge in [0.2, 0.25) is 5.91 Å². The van der Waals surface area contributed by atoms with E-state index >= 15 is 0 Å². The fourth-order valence-electron chi connectivity index (χ4n) is 1.88. The zero-order valence-corrected chi connectivity index (χ0v) is 14.5. The SMILES string of the molecule is COc1ccc(/C=N\NC(=O)CSCc2ccc(OC)cc2)cc1. The van der Waals surface area contributed by atoms with Crippen molar-refractivity contribution >= 4 is 23.9 Å². The van der Waals surface area contributed by atoms with E-state index in [0.29, 0.717) is 5.75 Å². The molecule has 0 radical (unpaired) electrons. The molecule has 0 aliphatic heterocycles. The first-order valence-corrected chi connectivity index (χ1v) is 8.53. The summed E-state index contributed by atoms with van der Waals surface area (Å²) in [5.74, 6) is 2.60. The molecule has 0 atom stereocenters. The maximum absolute atomic E-state index is 11.7. The molecule has 1 N–H and O–H groups in total. The number of hydrogen-bond donors (Lipinski definition) is 1. The molecule has 0 unspecified atom stereocenters. The standard InChI is InChI=1S/C18H20N2O3S/c1-22-16-7-3-14(4-8-16)11-19-20-18(21)13-24-12-15-5-9-17(23-2)10-6-15/h3-11H,12-13H2,1-2H3,(H,20,21)/b19-11-. The van der Waals surface area contributed by atoms with Crippen LogP contribution >= 0.6 is 11.8 Å². The van der Waals surface area contributed by atoms with E-state index in [1.165, 1.54) is 11.8 Å². The summed E-state index contributed by atoms with van der Waals surface area (Å²) in [6.07, 6.45) is 1.60. The molecule has 5 nitrogen and oxygen atoms in total. The van der Waals surface area contributed by atoms with E-state index in [9.17, 15) is 4.79 Å². The van der Waals surface area contributed by atoms with E-state index in [0.717, 1.165) is 28.4 Å². The van der Waals surface area contributed by atoms with Gasteiger partial charge in [0.05, 0.1) is 26.2 Å². The molecule has 0 aliphatic rings. The number of nitrogens with zero attached hydrogens (tertiary/aromatic N) is 1. The lowest BCUT2D eigenvalue weighted by atomic mass is 10.2. The topological polar surface area (TPSA) is 59.9 Å². The van der Waals surface area contributed by atoms with Crippen molar-refractivity contribution in [3.63, 3.8) is 0 Å². The Labute approximate surface area is 146 Å². The summed E-state index contributed by atoms with van der Waals surface area (Å²) in [6.45, 7) is 0. The molecule has 126 valence electrons. The number of hydrazone groups is 1. The molecule has 0 heterocycles. The lowest BCUT2D eigenvalue weighted by molar-refractivity contribution is -0.118. The minimum absolute atomic E-state index is 0.127. The number of carbonyl (C=O) groups excluding carboxylic acids is 1. The highest BCUT2D eigenvalue weighted by molar-refractivity contribution is 7.99. The van der Waals surface area contributed by atoms with Crippen molar-refractivity contribution in [2.75, 3.05) is 20.0 Å². The number of rotatable bonds is 8. The van der Waals surface area contributed by atoms with Gasteiger partial charge in [-0.05, 0) is 47.5 Å². The average Bonchev–Trinajstić information content (AvgIpc) is 2.63. The van der Waals surface area contributed by atoms with Gasteiger partial charge in [-0.2, -0.15) is 5.10 Å². The van der Waals surface area contributed by atoms with Crippen molar-refractivity contribution in [2.45, 2.75) is 5.75 Å². The third kappa shape index (κ3) is 5.96. The second kappa shape index (κ2) is 9.62. The Kier molecular flexibility index (Phi) is 7.17. The molecule has 2 rings (SSSR count). The number of amides is 1. The summed E-state index contributed by atoms with van der Waals surface area (Å²) in [5.41, 5.74) is 4.56. The molecule has 0 aromatic heterocycles. The zero-order valence-electron chi connectivity index (χ0n) is 13.7. The second-order valence-electron chi connectivity index (χ2n) is 4.91. The fraction of sp³-hybridized carbons (Fsp3) is 0.222. The van der Waals surface area contributed by atoms with Crippen molar-refractivity contribution in [1.82, 2.24) is 5.43 Å². The molecule has 0 spiro atoms. The Balaban J connectivity index is 1.69. The lowest BCUT2D eigenvalue weighted by Gasteiger charge is -2.03. The molecule has 6 heteroatoms. The van der Waals surface area contributed by atoms with Gasteiger partial charge < -0.3 is 9.47 Å². The second-order valence-corrected chi connectivity index (χ2v) is 5.89. The van der Waals surface area contributed by atoms with Gasteiger partial charge >= 0.3 is 0 Å². The van der Waals surface area contributed by atoms with E-state index in [1.807, 2.05) is 48.5 Å². The predicted octanol–water partition coefficient (Wildman–Crippen LogP) is 3.09. The van der Waals surface area contributed by atoms with Gasteiger partial charge in [0.15, 0.2) is 0 Å². The molecule has 0 saturated carbocycles. The van der Waals surface area contributed by atoms with E-state index in [1.54, 1.807) is 20.4 Å².